The number of carboxylic acids is 1. The first-order valence-corrected chi connectivity index (χ1v) is 4.99. The number of amides is 1. The van der Waals surface area contributed by atoms with Crippen molar-refractivity contribution >= 4 is 11.9 Å². The lowest BCUT2D eigenvalue weighted by Crippen LogP contribution is -2.43. The number of carboxylic acid groups (broad SMARTS) is 1. The number of aliphatic carboxylic acids is 1. The minimum atomic E-state index is -0.990. The van der Waals surface area contributed by atoms with Crippen LogP contribution in [-0.2, 0) is 9.59 Å². The summed E-state index contributed by atoms with van der Waals surface area (Å²) in [5, 5.41) is 14.3. The van der Waals surface area contributed by atoms with E-state index in [1.807, 2.05) is 0 Å². The summed E-state index contributed by atoms with van der Waals surface area (Å²) in [7, 11) is 0. The highest BCUT2D eigenvalue weighted by atomic mass is 16.4. The lowest BCUT2D eigenvalue weighted by Gasteiger charge is -2.22. The molecule has 15 heavy (non-hydrogen) atoms. The standard InChI is InChI=1S/C10H16N2O3/c1-3-8(10(14)15)12-9(13)6(2)7-4-11-5-7/h8,11H,3-5H2,1-2H3,(H,12,13)(H,14,15). The Morgan fingerprint density at radius 2 is 2.13 bits per heavy atom. The van der Waals surface area contributed by atoms with Gasteiger partial charge in [0.25, 0.3) is 0 Å². The SMILES string of the molecule is CCC(NC(=O)C(C)=C1CNC1)C(=O)O. The van der Waals surface area contributed by atoms with Crippen LogP contribution in [-0.4, -0.2) is 36.1 Å². The fourth-order valence-corrected chi connectivity index (χ4v) is 1.28. The molecule has 5 nitrogen and oxygen atoms in total. The molecular weight excluding hydrogens is 196 g/mol. The van der Waals surface area contributed by atoms with Gasteiger partial charge in [0.15, 0.2) is 0 Å². The Morgan fingerprint density at radius 3 is 2.47 bits per heavy atom. The smallest absolute Gasteiger partial charge is 0.326 e. The van der Waals surface area contributed by atoms with Gasteiger partial charge in [0.1, 0.15) is 6.04 Å². The number of carbonyl (C=O) groups is 2. The summed E-state index contributed by atoms with van der Waals surface area (Å²) in [5.41, 5.74) is 1.68. The first-order valence-electron chi connectivity index (χ1n) is 4.99. The van der Waals surface area contributed by atoms with Gasteiger partial charge in [-0.3, -0.25) is 4.79 Å². The van der Waals surface area contributed by atoms with E-state index in [1.54, 1.807) is 13.8 Å². The molecule has 0 saturated carbocycles. The first-order chi connectivity index (χ1) is 7.06. The van der Waals surface area contributed by atoms with E-state index < -0.39 is 12.0 Å². The molecule has 1 saturated heterocycles. The molecule has 1 fully saturated rings. The molecule has 0 aliphatic carbocycles. The predicted octanol–water partition coefficient (Wildman–Crippen LogP) is -0.114. The minimum Gasteiger partial charge on any atom is -0.480 e. The van der Waals surface area contributed by atoms with E-state index in [4.69, 9.17) is 5.11 Å². The zero-order valence-electron chi connectivity index (χ0n) is 8.96. The Balaban J connectivity index is 2.58. The van der Waals surface area contributed by atoms with Crippen LogP contribution in [0.1, 0.15) is 20.3 Å². The van der Waals surface area contributed by atoms with Gasteiger partial charge in [-0.2, -0.15) is 0 Å². The lowest BCUT2D eigenvalue weighted by molar-refractivity contribution is -0.141. The molecule has 1 atom stereocenters. The molecule has 1 aliphatic rings. The summed E-state index contributed by atoms with van der Waals surface area (Å²) >= 11 is 0. The highest BCUT2D eigenvalue weighted by Gasteiger charge is 2.21. The third-order valence-corrected chi connectivity index (χ3v) is 2.56. The topological polar surface area (TPSA) is 78.4 Å². The maximum absolute atomic E-state index is 11.6. The zero-order chi connectivity index (χ0) is 11.4. The van der Waals surface area contributed by atoms with E-state index in [-0.39, 0.29) is 5.91 Å². The van der Waals surface area contributed by atoms with E-state index >= 15 is 0 Å². The average molecular weight is 212 g/mol. The van der Waals surface area contributed by atoms with Crippen LogP contribution in [0.2, 0.25) is 0 Å². The highest BCUT2D eigenvalue weighted by molar-refractivity contribution is 5.96. The number of rotatable bonds is 4. The zero-order valence-corrected chi connectivity index (χ0v) is 8.96. The van der Waals surface area contributed by atoms with E-state index in [9.17, 15) is 9.59 Å². The summed E-state index contributed by atoms with van der Waals surface area (Å²) in [5.74, 6) is -1.27. The Hall–Kier alpha value is -1.36. The Kier molecular flexibility index (Phi) is 3.85. The van der Waals surface area contributed by atoms with Crippen LogP contribution in [0.4, 0.5) is 0 Å². The van der Waals surface area contributed by atoms with Crippen molar-refractivity contribution in [1.29, 1.82) is 0 Å². The Labute approximate surface area is 88.5 Å². The van der Waals surface area contributed by atoms with Gasteiger partial charge in [0.2, 0.25) is 5.91 Å². The molecule has 5 heteroatoms. The van der Waals surface area contributed by atoms with E-state index in [1.165, 1.54) is 0 Å². The van der Waals surface area contributed by atoms with E-state index in [2.05, 4.69) is 10.6 Å². The molecular formula is C10H16N2O3. The number of hydrogen-bond acceptors (Lipinski definition) is 3. The van der Waals surface area contributed by atoms with Gasteiger partial charge in [-0.05, 0) is 18.9 Å². The van der Waals surface area contributed by atoms with Gasteiger partial charge in [0, 0.05) is 18.7 Å². The summed E-state index contributed by atoms with van der Waals surface area (Å²) in [4.78, 5) is 22.3. The van der Waals surface area contributed by atoms with Crippen molar-refractivity contribution in [2.24, 2.45) is 0 Å². The highest BCUT2D eigenvalue weighted by Crippen LogP contribution is 2.09. The average Bonchev–Trinajstić information content (AvgIpc) is 2.10. The van der Waals surface area contributed by atoms with Gasteiger partial charge < -0.3 is 15.7 Å². The van der Waals surface area contributed by atoms with Crippen LogP contribution in [0.3, 0.4) is 0 Å². The number of carbonyl (C=O) groups excluding carboxylic acids is 1. The third kappa shape index (κ3) is 2.79. The Morgan fingerprint density at radius 1 is 1.53 bits per heavy atom. The second-order valence-electron chi connectivity index (χ2n) is 3.60. The third-order valence-electron chi connectivity index (χ3n) is 2.56. The van der Waals surface area contributed by atoms with Gasteiger partial charge in [-0.15, -0.1) is 0 Å². The second-order valence-corrected chi connectivity index (χ2v) is 3.60. The molecule has 0 bridgehead atoms. The summed E-state index contributed by atoms with van der Waals surface area (Å²) in [6.07, 6.45) is 0.391. The fraction of sp³-hybridized carbons (Fsp3) is 0.600. The van der Waals surface area contributed by atoms with Crippen LogP contribution in [0, 0.1) is 0 Å². The van der Waals surface area contributed by atoms with Crippen LogP contribution >= 0.6 is 0 Å². The van der Waals surface area contributed by atoms with Crippen molar-refractivity contribution in [2.75, 3.05) is 13.1 Å². The quantitative estimate of drug-likeness (QED) is 0.568. The summed E-state index contributed by atoms with van der Waals surface area (Å²) in [6.45, 7) is 4.90. The molecule has 1 unspecified atom stereocenters. The van der Waals surface area contributed by atoms with Crippen LogP contribution in [0.5, 0.6) is 0 Å². The summed E-state index contributed by atoms with van der Waals surface area (Å²) < 4.78 is 0. The van der Waals surface area contributed by atoms with Gasteiger partial charge in [-0.25, -0.2) is 4.79 Å². The van der Waals surface area contributed by atoms with Crippen LogP contribution in [0.15, 0.2) is 11.1 Å². The van der Waals surface area contributed by atoms with E-state index in [0.29, 0.717) is 12.0 Å². The van der Waals surface area contributed by atoms with Crippen molar-refractivity contribution in [3.8, 4) is 0 Å². The maximum Gasteiger partial charge on any atom is 0.326 e. The van der Waals surface area contributed by atoms with Crippen LogP contribution in [0.25, 0.3) is 0 Å². The van der Waals surface area contributed by atoms with Crippen molar-refractivity contribution < 1.29 is 14.7 Å². The molecule has 0 aromatic heterocycles. The molecule has 1 heterocycles. The molecule has 3 N–H and O–H groups in total. The van der Waals surface area contributed by atoms with Crippen molar-refractivity contribution in [1.82, 2.24) is 10.6 Å². The lowest BCUT2D eigenvalue weighted by atomic mass is 10.0. The molecule has 0 aromatic rings. The number of nitrogens with one attached hydrogen (secondary N) is 2. The van der Waals surface area contributed by atoms with Crippen molar-refractivity contribution in [3.05, 3.63) is 11.1 Å². The maximum atomic E-state index is 11.6. The molecule has 0 radical (unpaired) electrons. The van der Waals surface area contributed by atoms with Gasteiger partial charge in [-0.1, -0.05) is 6.92 Å². The van der Waals surface area contributed by atoms with E-state index in [0.717, 1.165) is 18.7 Å². The molecule has 0 spiro atoms. The number of hydrogen-bond donors (Lipinski definition) is 3. The first kappa shape index (κ1) is 11.7. The van der Waals surface area contributed by atoms with Crippen LogP contribution < -0.4 is 10.6 Å². The normalized spacial score (nSPS) is 16.5. The molecule has 84 valence electrons. The monoisotopic (exact) mass is 212 g/mol. The minimum absolute atomic E-state index is 0.277. The molecule has 1 amide bonds. The molecule has 0 aromatic carbocycles. The van der Waals surface area contributed by atoms with Crippen molar-refractivity contribution in [2.45, 2.75) is 26.3 Å². The summed E-state index contributed by atoms with van der Waals surface area (Å²) in [6, 6.07) is -0.791. The van der Waals surface area contributed by atoms with Crippen molar-refractivity contribution in [3.63, 3.8) is 0 Å². The fourth-order valence-electron chi connectivity index (χ4n) is 1.28. The van der Waals surface area contributed by atoms with Gasteiger partial charge in [0.05, 0.1) is 0 Å². The Bertz CT molecular complexity index is 304. The predicted molar refractivity (Wildman–Crippen MR) is 55.4 cm³/mol. The van der Waals surface area contributed by atoms with Gasteiger partial charge >= 0.3 is 5.97 Å². The molecule has 1 aliphatic heterocycles. The second kappa shape index (κ2) is 4.93. The largest absolute Gasteiger partial charge is 0.480 e. The molecule has 1 rings (SSSR count).